The molecule has 0 fully saturated rings. The lowest BCUT2D eigenvalue weighted by Gasteiger charge is -2.12. The van der Waals surface area contributed by atoms with E-state index in [9.17, 15) is 9.59 Å². The first-order chi connectivity index (χ1) is 11.6. The Kier molecular flexibility index (Phi) is 6.37. The second-order valence-electron chi connectivity index (χ2n) is 5.32. The maximum absolute atomic E-state index is 12.3. The van der Waals surface area contributed by atoms with Crippen LogP contribution < -0.4 is 5.73 Å². The van der Waals surface area contributed by atoms with Gasteiger partial charge in [0.15, 0.2) is 0 Å². The Morgan fingerprint density at radius 1 is 0.958 bits per heavy atom. The van der Waals surface area contributed by atoms with E-state index in [0.29, 0.717) is 6.61 Å². The number of carbonyl (C=O) groups excluding carboxylic acids is 2. The molecule has 0 amide bonds. The lowest BCUT2D eigenvalue weighted by atomic mass is 10.1. The summed E-state index contributed by atoms with van der Waals surface area (Å²) in [5, 5.41) is 0. The van der Waals surface area contributed by atoms with E-state index in [4.69, 9.17) is 15.2 Å². The van der Waals surface area contributed by atoms with Gasteiger partial charge >= 0.3 is 11.9 Å². The van der Waals surface area contributed by atoms with Crippen molar-refractivity contribution in [3.63, 3.8) is 0 Å². The summed E-state index contributed by atoms with van der Waals surface area (Å²) in [5.74, 6) is -1.21. The van der Waals surface area contributed by atoms with Crippen molar-refractivity contribution in [1.29, 1.82) is 0 Å². The SMILES string of the molecule is CCCCOC(=O)c1c(N)cccc1C(=O)OCc1ccccc1. The third kappa shape index (κ3) is 4.59. The second kappa shape index (κ2) is 8.72. The standard InChI is InChI=1S/C19H21NO4/c1-2-3-12-23-19(22)17-15(10-7-11-16(17)20)18(21)24-13-14-8-5-4-6-9-14/h4-11H,2-3,12-13,20H2,1H3. The summed E-state index contributed by atoms with van der Waals surface area (Å²) in [5.41, 5.74) is 7.11. The molecule has 0 atom stereocenters. The molecule has 2 N–H and O–H groups in total. The monoisotopic (exact) mass is 327 g/mol. The predicted octanol–water partition coefficient (Wildman–Crippen LogP) is 3.58. The topological polar surface area (TPSA) is 78.6 Å². The van der Waals surface area contributed by atoms with Crippen molar-refractivity contribution >= 4 is 17.6 Å². The highest BCUT2D eigenvalue weighted by Gasteiger charge is 2.22. The smallest absolute Gasteiger partial charge is 0.341 e. The maximum atomic E-state index is 12.3. The van der Waals surface area contributed by atoms with E-state index in [-0.39, 0.29) is 23.4 Å². The van der Waals surface area contributed by atoms with Crippen LogP contribution >= 0.6 is 0 Å². The zero-order chi connectivity index (χ0) is 17.4. The Labute approximate surface area is 141 Å². The highest BCUT2D eigenvalue weighted by atomic mass is 16.5. The normalized spacial score (nSPS) is 10.2. The van der Waals surface area contributed by atoms with Crippen molar-refractivity contribution in [3.8, 4) is 0 Å². The number of unbranched alkanes of at least 4 members (excludes halogenated alkanes) is 1. The molecule has 0 aliphatic carbocycles. The molecule has 0 unspecified atom stereocenters. The summed E-state index contributed by atoms with van der Waals surface area (Å²) in [6.45, 7) is 2.41. The van der Waals surface area contributed by atoms with Crippen LogP contribution in [0.1, 0.15) is 46.0 Å². The fourth-order valence-corrected chi connectivity index (χ4v) is 2.15. The summed E-state index contributed by atoms with van der Waals surface area (Å²) < 4.78 is 10.5. The number of anilines is 1. The number of benzene rings is 2. The number of nitrogens with two attached hydrogens (primary N) is 1. The molecule has 0 aromatic heterocycles. The molecular formula is C19H21NO4. The number of nitrogen functional groups attached to an aromatic ring is 1. The second-order valence-corrected chi connectivity index (χ2v) is 5.32. The summed E-state index contributed by atoms with van der Waals surface area (Å²) in [7, 11) is 0. The van der Waals surface area contributed by atoms with Gasteiger partial charge in [-0.25, -0.2) is 9.59 Å². The van der Waals surface area contributed by atoms with Crippen LogP contribution in [0.3, 0.4) is 0 Å². The molecule has 0 bridgehead atoms. The van der Waals surface area contributed by atoms with Crippen LogP contribution in [0.4, 0.5) is 5.69 Å². The predicted molar refractivity (Wildman–Crippen MR) is 91.6 cm³/mol. The van der Waals surface area contributed by atoms with E-state index in [1.807, 2.05) is 37.3 Å². The molecule has 5 nitrogen and oxygen atoms in total. The maximum Gasteiger partial charge on any atom is 0.341 e. The Bertz CT molecular complexity index is 698. The van der Waals surface area contributed by atoms with Gasteiger partial charge in [0.1, 0.15) is 6.61 Å². The van der Waals surface area contributed by atoms with Crippen molar-refractivity contribution in [2.75, 3.05) is 12.3 Å². The van der Waals surface area contributed by atoms with Gasteiger partial charge in [-0.15, -0.1) is 0 Å². The van der Waals surface area contributed by atoms with E-state index in [2.05, 4.69) is 0 Å². The molecule has 2 aromatic rings. The van der Waals surface area contributed by atoms with Gasteiger partial charge in [0.25, 0.3) is 0 Å². The van der Waals surface area contributed by atoms with Gasteiger partial charge in [0.2, 0.25) is 0 Å². The van der Waals surface area contributed by atoms with Crippen molar-refractivity contribution in [1.82, 2.24) is 0 Å². The molecular weight excluding hydrogens is 306 g/mol. The van der Waals surface area contributed by atoms with Gasteiger partial charge < -0.3 is 15.2 Å². The molecule has 2 aromatic carbocycles. The number of hydrogen-bond acceptors (Lipinski definition) is 5. The number of esters is 2. The van der Waals surface area contributed by atoms with E-state index in [1.54, 1.807) is 12.1 Å². The molecule has 0 saturated heterocycles. The number of rotatable bonds is 7. The largest absolute Gasteiger partial charge is 0.462 e. The molecule has 0 radical (unpaired) electrons. The zero-order valence-electron chi connectivity index (χ0n) is 13.7. The van der Waals surface area contributed by atoms with Crippen LogP contribution in [-0.4, -0.2) is 18.5 Å². The molecule has 0 aliphatic heterocycles. The van der Waals surface area contributed by atoms with Crippen LogP contribution in [0, 0.1) is 0 Å². The minimum absolute atomic E-state index is 0.0617. The Morgan fingerprint density at radius 3 is 2.42 bits per heavy atom. The Hall–Kier alpha value is -2.82. The highest BCUT2D eigenvalue weighted by molar-refractivity contribution is 6.06. The third-order valence-corrected chi connectivity index (χ3v) is 3.46. The van der Waals surface area contributed by atoms with Crippen LogP contribution in [0.15, 0.2) is 48.5 Å². The summed E-state index contributed by atoms with van der Waals surface area (Å²) in [6, 6.07) is 14.0. The molecule has 5 heteroatoms. The van der Waals surface area contributed by atoms with Crippen molar-refractivity contribution in [2.24, 2.45) is 0 Å². The average Bonchev–Trinajstić information content (AvgIpc) is 2.60. The summed E-state index contributed by atoms with van der Waals surface area (Å²) >= 11 is 0. The molecule has 126 valence electrons. The van der Waals surface area contributed by atoms with E-state index in [1.165, 1.54) is 6.07 Å². The van der Waals surface area contributed by atoms with Crippen LogP contribution in [-0.2, 0) is 16.1 Å². The number of carbonyl (C=O) groups is 2. The van der Waals surface area contributed by atoms with Crippen LogP contribution in [0.5, 0.6) is 0 Å². The lowest BCUT2D eigenvalue weighted by Crippen LogP contribution is -2.16. The quantitative estimate of drug-likeness (QED) is 0.478. The molecule has 0 saturated carbocycles. The van der Waals surface area contributed by atoms with Crippen LogP contribution in [0.25, 0.3) is 0 Å². The van der Waals surface area contributed by atoms with E-state index >= 15 is 0 Å². The summed E-state index contributed by atoms with van der Waals surface area (Å²) in [6.07, 6.45) is 1.66. The van der Waals surface area contributed by atoms with E-state index in [0.717, 1.165) is 18.4 Å². The molecule has 0 spiro atoms. The number of ether oxygens (including phenoxy) is 2. The van der Waals surface area contributed by atoms with E-state index < -0.39 is 11.9 Å². The van der Waals surface area contributed by atoms with Crippen molar-refractivity contribution in [3.05, 3.63) is 65.2 Å². The fourth-order valence-electron chi connectivity index (χ4n) is 2.15. The first kappa shape index (κ1) is 17.5. The first-order valence-corrected chi connectivity index (χ1v) is 7.90. The van der Waals surface area contributed by atoms with Gasteiger partial charge in [-0.05, 0) is 24.1 Å². The molecule has 0 heterocycles. The average molecular weight is 327 g/mol. The molecule has 2 rings (SSSR count). The van der Waals surface area contributed by atoms with Gasteiger partial charge in [-0.1, -0.05) is 49.7 Å². The first-order valence-electron chi connectivity index (χ1n) is 7.90. The fraction of sp³-hybridized carbons (Fsp3) is 0.263. The molecule has 0 aliphatic rings. The van der Waals surface area contributed by atoms with Gasteiger partial charge in [-0.3, -0.25) is 0 Å². The van der Waals surface area contributed by atoms with Gasteiger partial charge in [0, 0.05) is 5.69 Å². The van der Waals surface area contributed by atoms with Crippen molar-refractivity contribution in [2.45, 2.75) is 26.4 Å². The minimum Gasteiger partial charge on any atom is -0.462 e. The van der Waals surface area contributed by atoms with Gasteiger partial charge in [-0.2, -0.15) is 0 Å². The lowest BCUT2D eigenvalue weighted by molar-refractivity contribution is 0.0437. The zero-order valence-corrected chi connectivity index (χ0v) is 13.7. The Balaban J connectivity index is 2.12. The molecule has 24 heavy (non-hydrogen) atoms. The van der Waals surface area contributed by atoms with Crippen molar-refractivity contribution < 1.29 is 19.1 Å². The summed E-state index contributed by atoms with van der Waals surface area (Å²) in [4.78, 5) is 24.6. The minimum atomic E-state index is -0.604. The van der Waals surface area contributed by atoms with Crippen LogP contribution in [0.2, 0.25) is 0 Å². The highest BCUT2D eigenvalue weighted by Crippen LogP contribution is 2.20. The number of hydrogen-bond donors (Lipinski definition) is 1. The van der Waals surface area contributed by atoms with Gasteiger partial charge in [0.05, 0.1) is 17.7 Å². The third-order valence-electron chi connectivity index (χ3n) is 3.46. The Morgan fingerprint density at radius 2 is 1.71 bits per heavy atom.